The second-order valence-corrected chi connectivity index (χ2v) is 3.16. The van der Waals surface area contributed by atoms with Crippen LogP contribution in [0.3, 0.4) is 0 Å². The lowest BCUT2D eigenvalue weighted by Gasteiger charge is -2.13. The summed E-state index contributed by atoms with van der Waals surface area (Å²) < 4.78 is 5.28. The maximum Gasteiger partial charge on any atom is 0.0885 e. The molecule has 1 aromatic heterocycles. The molecule has 0 unspecified atom stereocenters. The zero-order valence-electron chi connectivity index (χ0n) is 7.13. The summed E-state index contributed by atoms with van der Waals surface area (Å²) in [5.41, 5.74) is 9.10. The zero-order chi connectivity index (χ0) is 8.55. The molecule has 1 atom stereocenters. The Bertz CT molecular complexity index is 280. The first-order valence-electron chi connectivity index (χ1n) is 4.18. The number of nitrogens with one attached hydrogen (secondary N) is 1. The van der Waals surface area contributed by atoms with Gasteiger partial charge in [-0.3, -0.25) is 5.10 Å². The van der Waals surface area contributed by atoms with E-state index in [-0.39, 0.29) is 6.04 Å². The van der Waals surface area contributed by atoms with Crippen LogP contribution in [0.25, 0.3) is 0 Å². The molecule has 0 radical (unpaired) electrons. The summed E-state index contributed by atoms with van der Waals surface area (Å²) in [6.07, 6.45) is 0.933. The molecule has 4 heteroatoms. The highest BCUT2D eigenvalue weighted by molar-refractivity contribution is 5.28. The van der Waals surface area contributed by atoms with Gasteiger partial charge in [0.25, 0.3) is 0 Å². The van der Waals surface area contributed by atoms with Gasteiger partial charge in [0.05, 0.1) is 24.6 Å². The molecule has 0 aliphatic carbocycles. The first-order chi connectivity index (χ1) is 5.79. The van der Waals surface area contributed by atoms with E-state index in [2.05, 4.69) is 10.2 Å². The highest BCUT2D eigenvalue weighted by Crippen LogP contribution is 2.21. The van der Waals surface area contributed by atoms with Gasteiger partial charge >= 0.3 is 0 Å². The minimum atomic E-state index is 0.0168. The van der Waals surface area contributed by atoms with Gasteiger partial charge in [-0.25, -0.2) is 0 Å². The Morgan fingerprint density at radius 1 is 1.67 bits per heavy atom. The fourth-order valence-corrected chi connectivity index (χ4v) is 1.54. The molecule has 0 spiro atoms. The Morgan fingerprint density at radius 2 is 2.50 bits per heavy atom. The summed E-state index contributed by atoms with van der Waals surface area (Å²) in [4.78, 5) is 0. The third-order valence-corrected chi connectivity index (χ3v) is 2.16. The lowest BCUT2D eigenvalue weighted by atomic mass is 10.0. The minimum absolute atomic E-state index is 0.0168. The van der Waals surface area contributed by atoms with E-state index in [1.54, 1.807) is 0 Å². The van der Waals surface area contributed by atoms with Crippen molar-refractivity contribution in [2.75, 3.05) is 6.61 Å². The van der Waals surface area contributed by atoms with Crippen molar-refractivity contribution in [2.45, 2.75) is 26.0 Å². The van der Waals surface area contributed by atoms with Gasteiger partial charge < -0.3 is 10.5 Å². The van der Waals surface area contributed by atoms with E-state index in [4.69, 9.17) is 10.5 Å². The highest BCUT2D eigenvalue weighted by Gasteiger charge is 2.18. The number of aromatic amines is 1. The average molecular weight is 167 g/mol. The van der Waals surface area contributed by atoms with Crippen molar-refractivity contribution < 1.29 is 4.74 Å². The average Bonchev–Trinajstić information content (AvgIpc) is 2.47. The quantitative estimate of drug-likeness (QED) is 0.640. The summed E-state index contributed by atoms with van der Waals surface area (Å²) in [7, 11) is 0. The van der Waals surface area contributed by atoms with E-state index >= 15 is 0 Å². The summed E-state index contributed by atoms with van der Waals surface area (Å²) in [6.45, 7) is 3.38. The van der Waals surface area contributed by atoms with E-state index in [0.29, 0.717) is 6.61 Å². The molecule has 2 rings (SSSR count). The van der Waals surface area contributed by atoms with Crippen LogP contribution in [0.15, 0.2) is 0 Å². The smallest absolute Gasteiger partial charge is 0.0885 e. The van der Waals surface area contributed by atoms with Crippen LogP contribution < -0.4 is 5.73 Å². The van der Waals surface area contributed by atoms with Gasteiger partial charge in [0, 0.05) is 11.6 Å². The molecule has 2 heterocycles. The largest absolute Gasteiger partial charge is 0.375 e. The number of hydrogen-bond acceptors (Lipinski definition) is 3. The van der Waals surface area contributed by atoms with Crippen molar-refractivity contribution in [1.82, 2.24) is 10.2 Å². The molecule has 1 aromatic rings. The molecule has 1 aliphatic rings. The molecule has 4 nitrogen and oxygen atoms in total. The molecular weight excluding hydrogens is 154 g/mol. The summed E-state index contributed by atoms with van der Waals surface area (Å²) in [6, 6.07) is 0.0168. The van der Waals surface area contributed by atoms with Crippen molar-refractivity contribution in [3.05, 3.63) is 17.0 Å². The molecule has 12 heavy (non-hydrogen) atoms. The van der Waals surface area contributed by atoms with Gasteiger partial charge in [0.15, 0.2) is 0 Å². The summed E-state index contributed by atoms with van der Waals surface area (Å²) in [5.74, 6) is 0. The molecule has 66 valence electrons. The number of nitrogens with zero attached hydrogens (tertiary/aromatic N) is 1. The predicted octanol–water partition coefficient (Wildman–Crippen LogP) is 0.502. The predicted molar refractivity (Wildman–Crippen MR) is 44.6 cm³/mol. The number of rotatable bonds is 1. The van der Waals surface area contributed by atoms with Crippen LogP contribution in [0, 0.1) is 0 Å². The molecule has 0 aromatic carbocycles. The van der Waals surface area contributed by atoms with Gasteiger partial charge in [-0.15, -0.1) is 0 Å². The molecule has 3 N–H and O–H groups in total. The van der Waals surface area contributed by atoms with Crippen LogP contribution in [0.1, 0.15) is 29.9 Å². The van der Waals surface area contributed by atoms with Gasteiger partial charge in [-0.1, -0.05) is 0 Å². The normalized spacial score (nSPS) is 18.8. The van der Waals surface area contributed by atoms with Gasteiger partial charge in [-0.2, -0.15) is 5.10 Å². The van der Waals surface area contributed by atoms with Crippen LogP contribution in [-0.4, -0.2) is 16.8 Å². The fourth-order valence-electron chi connectivity index (χ4n) is 1.54. The fraction of sp³-hybridized carbons (Fsp3) is 0.625. The van der Waals surface area contributed by atoms with Crippen molar-refractivity contribution in [1.29, 1.82) is 0 Å². The number of fused-ring (bicyclic) bond motifs is 1. The van der Waals surface area contributed by atoms with E-state index in [1.807, 2.05) is 6.92 Å². The monoisotopic (exact) mass is 167 g/mol. The first kappa shape index (κ1) is 7.76. The molecule has 0 bridgehead atoms. The number of aromatic nitrogens is 2. The van der Waals surface area contributed by atoms with Gasteiger partial charge in [-0.05, 0) is 13.3 Å². The topological polar surface area (TPSA) is 63.9 Å². The lowest BCUT2D eigenvalue weighted by molar-refractivity contribution is 0.108. The van der Waals surface area contributed by atoms with E-state index < -0.39 is 0 Å². The van der Waals surface area contributed by atoms with Crippen LogP contribution >= 0.6 is 0 Å². The minimum Gasteiger partial charge on any atom is -0.375 e. The first-order valence-corrected chi connectivity index (χ1v) is 4.18. The van der Waals surface area contributed by atoms with Gasteiger partial charge in [0.1, 0.15) is 0 Å². The number of hydrogen-bond donors (Lipinski definition) is 2. The third-order valence-electron chi connectivity index (χ3n) is 2.16. The van der Waals surface area contributed by atoms with Crippen molar-refractivity contribution >= 4 is 0 Å². The van der Waals surface area contributed by atoms with Crippen LogP contribution in [0.4, 0.5) is 0 Å². The lowest BCUT2D eigenvalue weighted by Crippen LogP contribution is -2.13. The maximum atomic E-state index is 5.76. The van der Waals surface area contributed by atoms with Gasteiger partial charge in [0.2, 0.25) is 0 Å². The van der Waals surface area contributed by atoms with Crippen molar-refractivity contribution in [3.63, 3.8) is 0 Å². The molecule has 0 amide bonds. The number of H-pyrrole nitrogens is 1. The molecular formula is C8H13N3O. The second kappa shape index (κ2) is 2.88. The Balaban J connectivity index is 2.38. The van der Waals surface area contributed by atoms with Crippen molar-refractivity contribution in [3.8, 4) is 0 Å². The molecule has 0 saturated heterocycles. The highest BCUT2D eigenvalue weighted by atomic mass is 16.5. The standard InChI is InChI=1S/C8H13N3O/c1-5(9)8-6-2-3-12-4-7(6)10-11-8/h5H,2-4,9H2,1H3,(H,10,11)/t5-/m0/s1. The zero-order valence-corrected chi connectivity index (χ0v) is 7.13. The van der Waals surface area contributed by atoms with E-state index in [1.165, 1.54) is 5.56 Å². The Labute approximate surface area is 71.1 Å². The van der Waals surface area contributed by atoms with E-state index in [0.717, 1.165) is 24.4 Å². The number of ether oxygens (including phenoxy) is 1. The van der Waals surface area contributed by atoms with Crippen LogP contribution in [-0.2, 0) is 17.8 Å². The molecule has 0 saturated carbocycles. The van der Waals surface area contributed by atoms with E-state index in [9.17, 15) is 0 Å². The summed E-state index contributed by atoms with van der Waals surface area (Å²) in [5, 5.41) is 7.12. The van der Waals surface area contributed by atoms with Crippen molar-refractivity contribution in [2.24, 2.45) is 5.73 Å². The molecule has 1 aliphatic heterocycles. The molecule has 0 fully saturated rings. The SMILES string of the molecule is C[C@H](N)c1n[nH]c2c1CCOC2. The van der Waals surface area contributed by atoms with Crippen LogP contribution in [0.5, 0.6) is 0 Å². The second-order valence-electron chi connectivity index (χ2n) is 3.16. The Morgan fingerprint density at radius 3 is 3.25 bits per heavy atom. The Kier molecular flexibility index (Phi) is 1.86. The van der Waals surface area contributed by atoms with Crippen LogP contribution in [0.2, 0.25) is 0 Å². The number of nitrogens with two attached hydrogens (primary N) is 1. The maximum absolute atomic E-state index is 5.76. The third kappa shape index (κ3) is 1.13. The Hall–Kier alpha value is -0.870. The summed E-state index contributed by atoms with van der Waals surface area (Å²) >= 11 is 0.